The molecular weight excluding hydrogens is 679 g/mol. The van der Waals surface area contributed by atoms with Crippen molar-refractivity contribution in [3.63, 3.8) is 0 Å². The van der Waals surface area contributed by atoms with Crippen LogP contribution in [0.25, 0.3) is 78.5 Å². The van der Waals surface area contributed by atoms with Crippen molar-refractivity contribution in [1.82, 2.24) is 15.0 Å². The molecule has 0 saturated heterocycles. The second-order valence-corrected chi connectivity index (χ2v) is 14.8. The molecule has 3 heteroatoms. The number of hydrogen-bond donors (Lipinski definition) is 0. The van der Waals surface area contributed by atoms with E-state index in [0.29, 0.717) is 5.82 Å². The van der Waals surface area contributed by atoms with Crippen molar-refractivity contribution >= 4 is 0 Å². The van der Waals surface area contributed by atoms with E-state index in [2.05, 4.69) is 182 Å². The van der Waals surface area contributed by atoms with Gasteiger partial charge in [-0.3, -0.25) is 4.98 Å². The SMILES string of the molecule is Cc1ccc(-c2cc(-c3ccc(-c4ccccn4)cc3)nc(-c3ccc4c(c3)C3(c5ccccc5-c5ccccc5-4)c4ccccc4-c4ccccc43)n2)cc1. The fourth-order valence-corrected chi connectivity index (χ4v) is 9.13. The molecule has 11 rings (SSSR count). The van der Waals surface area contributed by atoms with Crippen LogP contribution in [-0.4, -0.2) is 15.0 Å². The molecule has 0 fully saturated rings. The lowest BCUT2D eigenvalue weighted by atomic mass is 9.65. The average molecular weight is 714 g/mol. The lowest BCUT2D eigenvalue weighted by Gasteiger charge is -2.35. The molecule has 3 nitrogen and oxygen atoms in total. The van der Waals surface area contributed by atoms with Gasteiger partial charge in [0.1, 0.15) is 0 Å². The Hall–Kier alpha value is -7.23. The van der Waals surface area contributed by atoms with Gasteiger partial charge < -0.3 is 0 Å². The molecule has 0 atom stereocenters. The number of rotatable bonds is 4. The van der Waals surface area contributed by atoms with Gasteiger partial charge in [-0.15, -0.1) is 0 Å². The molecule has 56 heavy (non-hydrogen) atoms. The van der Waals surface area contributed by atoms with Gasteiger partial charge in [0.05, 0.1) is 22.5 Å². The van der Waals surface area contributed by atoms with E-state index < -0.39 is 5.41 Å². The normalized spacial score (nSPS) is 12.9. The number of benzene rings is 7. The summed E-state index contributed by atoms with van der Waals surface area (Å²) in [7, 11) is 0. The van der Waals surface area contributed by atoms with Gasteiger partial charge in [0, 0.05) is 28.5 Å². The molecule has 2 aliphatic rings. The van der Waals surface area contributed by atoms with E-state index in [1.165, 1.54) is 61.2 Å². The summed E-state index contributed by atoms with van der Waals surface area (Å²) >= 11 is 0. The van der Waals surface area contributed by atoms with E-state index in [1.54, 1.807) is 0 Å². The van der Waals surface area contributed by atoms with Crippen molar-refractivity contribution in [3.05, 3.63) is 222 Å². The van der Waals surface area contributed by atoms with Gasteiger partial charge >= 0.3 is 0 Å². The Morgan fingerprint density at radius 2 is 0.768 bits per heavy atom. The van der Waals surface area contributed by atoms with Gasteiger partial charge in [-0.05, 0) is 86.8 Å². The maximum atomic E-state index is 5.36. The quantitative estimate of drug-likeness (QED) is 0.182. The van der Waals surface area contributed by atoms with E-state index >= 15 is 0 Å². The molecule has 2 aromatic heterocycles. The zero-order chi connectivity index (χ0) is 37.2. The molecule has 2 aliphatic carbocycles. The molecule has 1 spiro atoms. The highest BCUT2D eigenvalue weighted by atomic mass is 14.9. The number of hydrogen-bond acceptors (Lipinski definition) is 3. The largest absolute Gasteiger partial charge is 0.256 e. The van der Waals surface area contributed by atoms with Crippen LogP contribution in [0, 0.1) is 6.92 Å². The third-order valence-electron chi connectivity index (χ3n) is 11.7. The van der Waals surface area contributed by atoms with Crippen molar-refractivity contribution in [2.75, 3.05) is 0 Å². The Labute approximate surface area is 326 Å². The summed E-state index contributed by atoms with van der Waals surface area (Å²) in [6.45, 7) is 2.12. The third kappa shape index (κ3) is 4.87. The predicted molar refractivity (Wildman–Crippen MR) is 228 cm³/mol. The molecule has 0 saturated carbocycles. The summed E-state index contributed by atoms with van der Waals surface area (Å²) in [6.07, 6.45) is 1.83. The van der Waals surface area contributed by atoms with E-state index in [9.17, 15) is 0 Å². The van der Waals surface area contributed by atoms with Crippen LogP contribution in [0.5, 0.6) is 0 Å². The van der Waals surface area contributed by atoms with Gasteiger partial charge in [-0.1, -0.05) is 169 Å². The summed E-state index contributed by atoms with van der Waals surface area (Å²) in [6, 6.07) is 68.0. The summed E-state index contributed by atoms with van der Waals surface area (Å²) in [4.78, 5) is 15.3. The van der Waals surface area contributed by atoms with E-state index in [1.807, 2.05) is 24.4 Å². The highest BCUT2D eigenvalue weighted by molar-refractivity contribution is 5.97. The van der Waals surface area contributed by atoms with Crippen molar-refractivity contribution in [3.8, 4) is 78.5 Å². The molecule has 7 aromatic carbocycles. The number of aromatic nitrogens is 3. The summed E-state index contributed by atoms with van der Waals surface area (Å²) in [5.74, 6) is 0.690. The van der Waals surface area contributed by atoms with Gasteiger partial charge in [0.15, 0.2) is 5.82 Å². The Morgan fingerprint density at radius 3 is 1.30 bits per heavy atom. The van der Waals surface area contributed by atoms with Gasteiger partial charge in [-0.25, -0.2) is 9.97 Å². The van der Waals surface area contributed by atoms with Gasteiger partial charge in [0.25, 0.3) is 0 Å². The minimum atomic E-state index is -0.577. The minimum absolute atomic E-state index is 0.577. The Morgan fingerprint density at radius 1 is 0.339 bits per heavy atom. The molecule has 0 unspecified atom stereocenters. The number of nitrogens with zero attached hydrogens (tertiary/aromatic N) is 3. The van der Waals surface area contributed by atoms with Crippen LogP contribution in [0.15, 0.2) is 194 Å². The fourth-order valence-electron chi connectivity index (χ4n) is 9.13. The monoisotopic (exact) mass is 713 g/mol. The summed E-state index contributed by atoms with van der Waals surface area (Å²) in [5.41, 5.74) is 20.0. The molecule has 2 heterocycles. The van der Waals surface area contributed by atoms with Crippen LogP contribution in [0.1, 0.15) is 27.8 Å². The third-order valence-corrected chi connectivity index (χ3v) is 11.7. The average Bonchev–Trinajstić information content (AvgIpc) is 3.52. The van der Waals surface area contributed by atoms with Crippen LogP contribution >= 0.6 is 0 Å². The standard InChI is InChI=1S/C53H35N3/c1-34-21-23-36(24-22-34)50-33-51(37-27-25-35(26-28-37)49-20-10-11-31-54-49)56-52(55-50)38-29-30-44-40-13-3-2-12-39(40)41-14-4-7-17-45(41)53(48(44)32-38)46-18-8-5-15-42(46)43-16-6-9-19-47(43)53/h2-33H,1H3. The van der Waals surface area contributed by atoms with Crippen molar-refractivity contribution in [2.45, 2.75) is 12.3 Å². The van der Waals surface area contributed by atoms with Gasteiger partial charge in [-0.2, -0.15) is 0 Å². The second-order valence-electron chi connectivity index (χ2n) is 14.8. The maximum Gasteiger partial charge on any atom is 0.160 e. The van der Waals surface area contributed by atoms with Crippen LogP contribution in [0.3, 0.4) is 0 Å². The number of pyridine rings is 1. The molecule has 0 radical (unpaired) electrons. The highest BCUT2D eigenvalue weighted by Crippen LogP contribution is 2.61. The molecular formula is C53H35N3. The molecule has 262 valence electrons. The van der Waals surface area contributed by atoms with Crippen LogP contribution in [0.2, 0.25) is 0 Å². The highest BCUT2D eigenvalue weighted by Gasteiger charge is 2.49. The lowest BCUT2D eigenvalue weighted by molar-refractivity contribution is 0.775. The number of fused-ring (bicyclic) bond motifs is 12. The molecule has 0 N–H and O–H groups in total. The Bertz CT molecular complexity index is 2920. The first kappa shape index (κ1) is 32.2. The van der Waals surface area contributed by atoms with Crippen LogP contribution in [0.4, 0.5) is 0 Å². The van der Waals surface area contributed by atoms with Crippen molar-refractivity contribution in [2.24, 2.45) is 0 Å². The van der Waals surface area contributed by atoms with Crippen molar-refractivity contribution < 1.29 is 0 Å². The first-order chi connectivity index (χ1) is 27.7. The lowest BCUT2D eigenvalue weighted by Crippen LogP contribution is -2.29. The van der Waals surface area contributed by atoms with E-state index in [0.717, 1.165) is 39.3 Å². The zero-order valence-electron chi connectivity index (χ0n) is 30.8. The molecule has 0 amide bonds. The predicted octanol–water partition coefficient (Wildman–Crippen LogP) is 12.9. The smallest absolute Gasteiger partial charge is 0.160 e. The first-order valence-corrected chi connectivity index (χ1v) is 19.2. The summed E-state index contributed by atoms with van der Waals surface area (Å²) in [5, 5.41) is 0. The molecule has 0 bridgehead atoms. The van der Waals surface area contributed by atoms with Crippen molar-refractivity contribution in [1.29, 1.82) is 0 Å². The molecule has 9 aromatic rings. The van der Waals surface area contributed by atoms with Gasteiger partial charge in [0.2, 0.25) is 0 Å². The van der Waals surface area contributed by atoms with Crippen LogP contribution in [-0.2, 0) is 5.41 Å². The van der Waals surface area contributed by atoms with E-state index in [4.69, 9.17) is 9.97 Å². The van der Waals surface area contributed by atoms with E-state index in [-0.39, 0.29) is 0 Å². The maximum absolute atomic E-state index is 5.36. The molecule has 0 aliphatic heterocycles. The number of aryl methyl sites for hydroxylation is 1. The summed E-state index contributed by atoms with van der Waals surface area (Å²) < 4.78 is 0. The minimum Gasteiger partial charge on any atom is -0.256 e. The fraction of sp³-hybridized carbons (Fsp3) is 0.0377. The second kappa shape index (κ2) is 12.7. The Balaban J connectivity index is 1.18. The first-order valence-electron chi connectivity index (χ1n) is 19.2. The van der Waals surface area contributed by atoms with Crippen LogP contribution < -0.4 is 0 Å². The zero-order valence-corrected chi connectivity index (χ0v) is 30.8. The Kier molecular flexibility index (Phi) is 7.30. The topological polar surface area (TPSA) is 38.7 Å².